The van der Waals surface area contributed by atoms with E-state index in [2.05, 4.69) is 49.7 Å². The maximum Gasteiger partial charge on any atom is 0.186 e. The van der Waals surface area contributed by atoms with E-state index in [1.54, 1.807) is 6.07 Å². The summed E-state index contributed by atoms with van der Waals surface area (Å²) in [6, 6.07) is 6.12. The van der Waals surface area contributed by atoms with Gasteiger partial charge >= 0.3 is 0 Å². The van der Waals surface area contributed by atoms with E-state index in [4.69, 9.17) is 0 Å². The molecule has 0 amide bonds. The fourth-order valence-corrected chi connectivity index (χ4v) is 3.00. The Hall–Kier alpha value is -1.87. The van der Waals surface area contributed by atoms with Crippen molar-refractivity contribution in [2.75, 3.05) is 6.54 Å². The second kappa shape index (κ2) is 6.93. The van der Waals surface area contributed by atoms with Crippen molar-refractivity contribution < 1.29 is 0 Å². The maximum atomic E-state index is 12.2. The fourth-order valence-electron chi connectivity index (χ4n) is 3.00. The number of aryl methyl sites for hydroxylation is 4. The summed E-state index contributed by atoms with van der Waals surface area (Å²) in [6.45, 7) is 12.0. The molecule has 1 aromatic heterocycles. The van der Waals surface area contributed by atoms with Gasteiger partial charge < -0.3 is 9.88 Å². The summed E-state index contributed by atoms with van der Waals surface area (Å²) in [4.78, 5) is 12.2. The average Bonchev–Trinajstić information content (AvgIpc) is 2.42. The minimum Gasteiger partial charge on any atom is -0.320 e. The highest BCUT2D eigenvalue weighted by molar-refractivity contribution is 5.50. The fraction of sp³-hybridized carbons (Fsp3) is 0.421. The van der Waals surface area contributed by atoms with Crippen molar-refractivity contribution in [3.05, 3.63) is 62.6 Å². The van der Waals surface area contributed by atoms with Gasteiger partial charge in [0.2, 0.25) is 0 Å². The van der Waals surface area contributed by atoms with E-state index in [0.29, 0.717) is 6.54 Å². The second-order valence-corrected chi connectivity index (χ2v) is 6.10. The maximum absolute atomic E-state index is 12.2. The van der Waals surface area contributed by atoms with Crippen LogP contribution in [0, 0.1) is 27.7 Å². The van der Waals surface area contributed by atoms with Crippen molar-refractivity contribution in [2.24, 2.45) is 0 Å². The normalized spacial score (nSPS) is 11.0. The molecule has 0 bridgehead atoms. The van der Waals surface area contributed by atoms with Gasteiger partial charge in [-0.15, -0.1) is 0 Å². The molecule has 2 rings (SSSR count). The zero-order valence-corrected chi connectivity index (χ0v) is 14.3. The quantitative estimate of drug-likeness (QED) is 0.856. The van der Waals surface area contributed by atoms with Gasteiger partial charge in [-0.2, -0.15) is 0 Å². The Bertz CT molecular complexity index is 706. The van der Waals surface area contributed by atoms with Crippen molar-refractivity contribution in [3.8, 4) is 5.69 Å². The van der Waals surface area contributed by atoms with E-state index in [0.717, 1.165) is 24.2 Å². The molecule has 0 fully saturated rings. The summed E-state index contributed by atoms with van der Waals surface area (Å²) in [5.74, 6) is 0. The molecule has 2 aromatic rings. The summed E-state index contributed by atoms with van der Waals surface area (Å²) in [5, 5.41) is 3.32. The third-order valence-electron chi connectivity index (χ3n) is 3.94. The van der Waals surface area contributed by atoms with Crippen molar-refractivity contribution in [1.29, 1.82) is 0 Å². The second-order valence-electron chi connectivity index (χ2n) is 6.10. The van der Waals surface area contributed by atoms with Crippen LogP contribution in [0.4, 0.5) is 0 Å². The molecule has 1 aromatic carbocycles. The number of rotatable bonds is 5. The molecule has 0 aliphatic rings. The summed E-state index contributed by atoms with van der Waals surface area (Å²) < 4.78 is 2.15. The van der Waals surface area contributed by atoms with Gasteiger partial charge in [-0.25, -0.2) is 0 Å². The van der Waals surface area contributed by atoms with Gasteiger partial charge in [0, 0.05) is 30.1 Å². The third-order valence-corrected chi connectivity index (χ3v) is 3.94. The molecule has 1 N–H and O–H groups in total. The Morgan fingerprint density at radius 1 is 1.05 bits per heavy atom. The van der Waals surface area contributed by atoms with Crippen molar-refractivity contribution >= 4 is 0 Å². The summed E-state index contributed by atoms with van der Waals surface area (Å²) in [6.07, 6.45) is 3.06. The SMILES string of the molecule is CCCNCc1cn(-c2c(C)cc(C)cc2C)c(C)cc1=O. The van der Waals surface area contributed by atoms with Gasteiger partial charge in [-0.1, -0.05) is 24.6 Å². The van der Waals surface area contributed by atoms with Crippen LogP contribution in [-0.2, 0) is 6.54 Å². The van der Waals surface area contributed by atoms with Crippen molar-refractivity contribution in [2.45, 2.75) is 47.6 Å². The van der Waals surface area contributed by atoms with Crippen LogP contribution in [0.5, 0.6) is 0 Å². The molecule has 0 aliphatic carbocycles. The monoisotopic (exact) mass is 298 g/mol. The molecule has 118 valence electrons. The Morgan fingerprint density at radius 2 is 1.68 bits per heavy atom. The summed E-state index contributed by atoms with van der Waals surface area (Å²) in [5.41, 5.74) is 6.81. The van der Waals surface area contributed by atoms with Crippen LogP contribution in [0.15, 0.2) is 29.2 Å². The predicted octanol–water partition coefficient (Wildman–Crippen LogP) is 3.57. The molecule has 0 saturated carbocycles. The van der Waals surface area contributed by atoms with E-state index in [1.807, 2.05) is 13.1 Å². The lowest BCUT2D eigenvalue weighted by Gasteiger charge is -2.18. The minimum atomic E-state index is 0.111. The smallest absolute Gasteiger partial charge is 0.186 e. The van der Waals surface area contributed by atoms with Crippen molar-refractivity contribution in [3.63, 3.8) is 0 Å². The highest BCUT2D eigenvalue weighted by Crippen LogP contribution is 2.22. The molecule has 22 heavy (non-hydrogen) atoms. The molecule has 0 aliphatic heterocycles. The van der Waals surface area contributed by atoms with E-state index < -0.39 is 0 Å². The Balaban J connectivity index is 2.52. The molecule has 1 heterocycles. The predicted molar refractivity (Wildman–Crippen MR) is 93.0 cm³/mol. The zero-order chi connectivity index (χ0) is 16.3. The van der Waals surface area contributed by atoms with Crippen LogP contribution in [0.2, 0.25) is 0 Å². The van der Waals surface area contributed by atoms with Gasteiger partial charge in [0.1, 0.15) is 0 Å². The third kappa shape index (κ3) is 3.47. The Kier molecular flexibility index (Phi) is 5.19. The molecule has 0 radical (unpaired) electrons. The van der Waals surface area contributed by atoms with Gasteiger partial charge in [0.05, 0.1) is 5.69 Å². The first kappa shape index (κ1) is 16.5. The van der Waals surface area contributed by atoms with Crippen LogP contribution in [0.3, 0.4) is 0 Å². The first-order valence-electron chi connectivity index (χ1n) is 7.95. The van der Waals surface area contributed by atoms with Crippen LogP contribution in [-0.4, -0.2) is 11.1 Å². The molecular formula is C19H26N2O. The van der Waals surface area contributed by atoms with Crippen molar-refractivity contribution in [1.82, 2.24) is 9.88 Å². The zero-order valence-electron chi connectivity index (χ0n) is 14.3. The number of pyridine rings is 1. The standard InChI is InChI=1S/C19H26N2O/c1-6-7-20-11-17-12-21(16(5)10-18(17)22)19-14(3)8-13(2)9-15(19)4/h8-10,12,20H,6-7,11H2,1-5H3. The average molecular weight is 298 g/mol. The topological polar surface area (TPSA) is 34.0 Å². The lowest BCUT2D eigenvalue weighted by Crippen LogP contribution is -2.22. The number of nitrogens with one attached hydrogen (secondary N) is 1. The first-order chi connectivity index (χ1) is 10.4. The van der Waals surface area contributed by atoms with Crippen LogP contribution < -0.4 is 10.7 Å². The van der Waals surface area contributed by atoms with Crippen LogP contribution in [0.25, 0.3) is 5.69 Å². The van der Waals surface area contributed by atoms with Crippen LogP contribution in [0.1, 0.15) is 41.3 Å². The lowest BCUT2D eigenvalue weighted by atomic mass is 10.0. The molecule has 0 spiro atoms. The Morgan fingerprint density at radius 3 is 2.27 bits per heavy atom. The summed E-state index contributed by atoms with van der Waals surface area (Å²) >= 11 is 0. The largest absolute Gasteiger partial charge is 0.320 e. The molecule has 3 nitrogen and oxygen atoms in total. The number of hydrogen-bond acceptors (Lipinski definition) is 2. The van der Waals surface area contributed by atoms with Gasteiger partial charge in [0.25, 0.3) is 0 Å². The van der Waals surface area contributed by atoms with E-state index in [1.165, 1.54) is 22.4 Å². The summed E-state index contributed by atoms with van der Waals surface area (Å²) in [7, 11) is 0. The van der Waals surface area contributed by atoms with E-state index >= 15 is 0 Å². The highest BCUT2D eigenvalue weighted by atomic mass is 16.1. The minimum absolute atomic E-state index is 0.111. The lowest BCUT2D eigenvalue weighted by molar-refractivity contribution is 0.668. The first-order valence-corrected chi connectivity index (χ1v) is 7.95. The number of benzene rings is 1. The van der Waals surface area contributed by atoms with Gasteiger partial charge in [-0.3, -0.25) is 4.79 Å². The number of nitrogens with zero attached hydrogens (tertiary/aromatic N) is 1. The van der Waals surface area contributed by atoms with Gasteiger partial charge in [0.15, 0.2) is 5.43 Å². The number of aromatic nitrogens is 1. The highest BCUT2D eigenvalue weighted by Gasteiger charge is 2.10. The van der Waals surface area contributed by atoms with E-state index in [9.17, 15) is 4.79 Å². The molecule has 3 heteroatoms. The molecule has 0 atom stereocenters. The molecule has 0 saturated heterocycles. The van der Waals surface area contributed by atoms with E-state index in [-0.39, 0.29) is 5.43 Å². The molecular weight excluding hydrogens is 272 g/mol. The Labute approximate surface area is 133 Å². The molecule has 0 unspecified atom stereocenters. The van der Waals surface area contributed by atoms with Crippen LogP contribution >= 0.6 is 0 Å². The van der Waals surface area contributed by atoms with Gasteiger partial charge in [-0.05, 0) is 51.8 Å². The number of hydrogen-bond donors (Lipinski definition) is 1.